The lowest BCUT2D eigenvalue weighted by Crippen LogP contribution is -2.42. The van der Waals surface area contributed by atoms with Crippen molar-refractivity contribution < 1.29 is 27.4 Å². The van der Waals surface area contributed by atoms with E-state index in [0.29, 0.717) is 36.4 Å². The summed E-state index contributed by atoms with van der Waals surface area (Å²) in [6.07, 6.45) is -3.59. The highest BCUT2D eigenvalue weighted by molar-refractivity contribution is 5.78. The van der Waals surface area contributed by atoms with Crippen LogP contribution >= 0.6 is 0 Å². The van der Waals surface area contributed by atoms with Crippen LogP contribution in [0.2, 0.25) is 0 Å². The second kappa shape index (κ2) is 8.44. The zero-order valence-corrected chi connectivity index (χ0v) is 18.5. The van der Waals surface area contributed by atoms with Gasteiger partial charge in [0.1, 0.15) is 0 Å². The predicted octanol–water partition coefficient (Wildman–Crippen LogP) is 5.63. The van der Waals surface area contributed by atoms with Gasteiger partial charge in [0.25, 0.3) is 0 Å². The number of ether oxygens (including phenoxy) is 2. The Balaban J connectivity index is 2.17. The lowest BCUT2D eigenvalue weighted by atomic mass is 9.85. The quantitative estimate of drug-likeness (QED) is 0.625. The number of halogens is 3. The molecule has 1 atom stereocenters. The molecule has 0 fully saturated rings. The molecule has 1 heterocycles. The van der Waals surface area contributed by atoms with E-state index in [1.165, 1.54) is 20.3 Å². The molecule has 0 saturated carbocycles. The molecule has 4 nitrogen and oxygen atoms in total. The molecular formula is C24H28F3NO3. The van der Waals surface area contributed by atoms with E-state index in [4.69, 9.17) is 9.47 Å². The Kier molecular flexibility index (Phi) is 6.25. The van der Waals surface area contributed by atoms with Crippen molar-refractivity contribution in [1.82, 2.24) is 4.90 Å². The average Bonchev–Trinajstić information content (AvgIpc) is 2.69. The molecule has 1 aliphatic heterocycles. The smallest absolute Gasteiger partial charge is 0.416 e. The number of carbonyl (C=O) groups excluding carboxylic acids is 1. The first-order chi connectivity index (χ1) is 14.4. The molecular weight excluding hydrogens is 407 g/mol. The Hall–Kier alpha value is -2.70. The second-order valence-electron chi connectivity index (χ2n) is 9.01. The normalized spacial score (nSPS) is 16.6. The molecule has 7 heteroatoms. The molecule has 2 aromatic rings. The number of rotatable bonds is 4. The van der Waals surface area contributed by atoms with Crippen LogP contribution < -0.4 is 9.47 Å². The van der Waals surface area contributed by atoms with E-state index in [1.807, 2.05) is 26.8 Å². The van der Waals surface area contributed by atoms with Gasteiger partial charge >= 0.3 is 6.18 Å². The van der Waals surface area contributed by atoms with Gasteiger partial charge in [-0.3, -0.25) is 4.79 Å². The van der Waals surface area contributed by atoms with Crippen LogP contribution in [0.3, 0.4) is 0 Å². The summed E-state index contributed by atoms with van der Waals surface area (Å²) in [6.45, 7) is 6.32. The van der Waals surface area contributed by atoms with Gasteiger partial charge in [0.05, 0.1) is 25.8 Å². The zero-order valence-electron chi connectivity index (χ0n) is 18.5. The zero-order chi connectivity index (χ0) is 23.0. The Bertz CT molecular complexity index is 964. The highest BCUT2D eigenvalue weighted by Gasteiger charge is 2.36. The molecule has 0 spiro atoms. The highest BCUT2D eigenvalue weighted by Crippen LogP contribution is 2.43. The summed E-state index contributed by atoms with van der Waals surface area (Å²) in [5, 5.41) is 0. The molecule has 168 valence electrons. The summed E-state index contributed by atoms with van der Waals surface area (Å²) in [7, 11) is 3.05. The van der Waals surface area contributed by atoms with Crippen LogP contribution in [0.5, 0.6) is 11.5 Å². The van der Waals surface area contributed by atoms with Crippen molar-refractivity contribution in [1.29, 1.82) is 0 Å². The van der Waals surface area contributed by atoms with Crippen LogP contribution in [0.1, 0.15) is 55.5 Å². The summed E-state index contributed by atoms with van der Waals surface area (Å²) in [4.78, 5) is 14.9. The van der Waals surface area contributed by atoms with Crippen LogP contribution in [-0.2, 0) is 17.4 Å². The Morgan fingerprint density at radius 3 is 2.29 bits per heavy atom. The maximum Gasteiger partial charge on any atom is 0.416 e. The van der Waals surface area contributed by atoms with E-state index in [9.17, 15) is 18.0 Å². The third kappa shape index (κ3) is 4.97. The third-order valence-electron chi connectivity index (χ3n) is 5.41. The summed E-state index contributed by atoms with van der Waals surface area (Å²) in [6, 6.07) is 8.19. The van der Waals surface area contributed by atoms with Crippen molar-refractivity contribution in [3.63, 3.8) is 0 Å². The van der Waals surface area contributed by atoms with E-state index in [0.717, 1.165) is 23.3 Å². The van der Waals surface area contributed by atoms with Crippen molar-refractivity contribution in [2.45, 2.75) is 45.8 Å². The van der Waals surface area contributed by atoms with Crippen LogP contribution in [0.25, 0.3) is 0 Å². The first-order valence-electron chi connectivity index (χ1n) is 10.2. The van der Waals surface area contributed by atoms with Crippen LogP contribution in [0.4, 0.5) is 13.2 Å². The number of hydrogen-bond acceptors (Lipinski definition) is 3. The number of hydrogen-bond donors (Lipinski definition) is 0. The van der Waals surface area contributed by atoms with E-state index < -0.39 is 17.8 Å². The standard InChI is InChI=1S/C24H28F3NO3/c1-23(2,3)14-21(29)28-10-9-15-12-19(30-4)20(31-5)13-18(15)22(28)16-7-6-8-17(11-16)24(25,26)27/h6-8,11-13,22H,9-10,14H2,1-5H3/t22-/m1/s1. The molecule has 0 saturated heterocycles. The minimum absolute atomic E-state index is 0.0876. The molecule has 0 aromatic heterocycles. The molecule has 1 amide bonds. The third-order valence-corrected chi connectivity index (χ3v) is 5.41. The average molecular weight is 435 g/mol. The molecule has 0 unspecified atom stereocenters. The number of amides is 1. The number of nitrogens with zero attached hydrogens (tertiary/aromatic N) is 1. The lowest BCUT2D eigenvalue weighted by Gasteiger charge is -2.39. The van der Waals surface area contributed by atoms with Gasteiger partial charge in [0.2, 0.25) is 5.91 Å². The largest absolute Gasteiger partial charge is 0.493 e. The van der Waals surface area contributed by atoms with Gasteiger partial charge in [-0.1, -0.05) is 32.9 Å². The van der Waals surface area contributed by atoms with Gasteiger partial charge in [-0.15, -0.1) is 0 Å². The minimum atomic E-state index is -4.47. The molecule has 0 aliphatic carbocycles. The van der Waals surface area contributed by atoms with Crippen LogP contribution in [-0.4, -0.2) is 31.6 Å². The first kappa shape index (κ1) is 23.0. The van der Waals surface area contributed by atoms with Crippen molar-refractivity contribution in [2.24, 2.45) is 5.41 Å². The van der Waals surface area contributed by atoms with E-state index >= 15 is 0 Å². The molecule has 31 heavy (non-hydrogen) atoms. The number of fused-ring (bicyclic) bond motifs is 1. The maximum absolute atomic E-state index is 13.4. The van der Waals surface area contributed by atoms with Crippen molar-refractivity contribution in [3.05, 3.63) is 58.7 Å². The Morgan fingerprint density at radius 2 is 1.71 bits per heavy atom. The van der Waals surface area contributed by atoms with Gasteiger partial charge < -0.3 is 14.4 Å². The predicted molar refractivity (Wildman–Crippen MR) is 112 cm³/mol. The second-order valence-corrected chi connectivity index (χ2v) is 9.01. The SMILES string of the molecule is COc1cc2c(cc1OC)[C@@H](c1cccc(C(F)(F)F)c1)N(C(=O)CC(C)(C)C)CC2. The molecule has 3 rings (SSSR count). The Morgan fingerprint density at radius 1 is 1.06 bits per heavy atom. The molecule has 0 N–H and O–H groups in total. The fourth-order valence-electron chi connectivity index (χ4n) is 4.01. The molecule has 0 bridgehead atoms. The maximum atomic E-state index is 13.4. The lowest BCUT2D eigenvalue weighted by molar-refractivity contribution is -0.137. The first-order valence-corrected chi connectivity index (χ1v) is 10.2. The molecule has 1 aliphatic rings. The van der Waals surface area contributed by atoms with E-state index in [2.05, 4.69) is 0 Å². The van der Waals surface area contributed by atoms with Gasteiger partial charge in [-0.25, -0.2) is 0 Å². The van der Waals surface area contributed by atoms with E-state index in [-0.39, 0.29) is 11.3 Å². The fraction of sp³-hybridized carbons (Fsp3) is 0.458. The number of methoxy groups -OCH3 is 2. The van der Waals surface area contributed by atoms with Gasteiger partial charge in [-0.05, 0) is 52.8 Å². The summed E-state index contributed by atoms with van der Waals surface area (Å²) in [5.41, 5.74) is 1.13. The minimum Gasteiger partial charge on any atom is -0.493 e. The molecule has 2 aromatic carbocycles. The van der Waals surface area contributed by atoms with Gasteiger partial charge in [0.15, 0.2) is 11.5 Å². The van der Waals surface area contributed by atoms with Crippen LogP contribution in [0, 0.1) is 5.41 Å². The summed E-state index contributed by atoms with van der Waals surface area (Å²) >= 11 is 0. The summed E-state index contributed by atoms with van der Waals surface area (Å²) < 4.78 is 51.1. The Labute approximate surface area is 181 Å². The fourth-order valence-corrected chi connectivity index (χ4v) is 4.01. The molecule has 0 radical (unpaired) electrons. The van der Waals surface area contributed by atoms with Gasteiger partial charge in [0, 0.05) is 13.0 Å². The van der Waals surface area contributed by atoms with Crippen molar-refractivity contribution >= 4 is 5.91 Å². The highest BCUT2D eigenvalue weighted by atomic mass is 19.4. The summed E-state index contributed by atoms with van der Waals surface area (Å²) in [5.74, 6) is 0.942. The topological polar surface area (TPSA) is 38.8 Å². The number of benzene rings is 2. The van der Waals surface area contributed by atoms with Crippen molar-refractivity contribution in [2.75, 3.05) is 20.8 Å². The number of carbonyl (C=O) groups is 1. The van der Waals surface area contributed by atoms with Gasteiger partial charge in [-0.2, -0.15) is 13.2 Å². The van der Waals surface area contributed by atoms with Crippen LogP contribution in [0.15, 0.2) is 36.4 Å². The number of alkyl halides is 3. The van der Waals surface area contributed by atoms with E-state index in [1.54, 1.807) is 17.0 Å². The van der Waals surface area contributed by atoms with Crippen molar-refractivity contribution in [3.8, 4) is 11.5 Å². The monoisotopic (exact) mass is 435 g/mol.